The lowest BCUT2D eigenvalue weighted by Gasteiger charge is -2.34. The highest BCUT2D eigenvalue weighted by molar-refractivity contribution is 7.92. The lowest BCUT2D eigenvalue weighted by Crippen LogP contribution is -2.53. The molecule has 0 aromatic heterocycles. The number of nitrogens with one attached hydrogen (secondary N) is 1. The van der Waals surface area contributed by atoms with Gasteiger partial charge in [-0.1, -0.05) is 86.1 Å². The Balaban J connectivity index is 1.80. The number of rotatable bonds is 15. The molecule has 4 rings (SSSR count). The summed E-state index contributed by atoms with van der Waals surface area (Å²) in [6.45, 7) is 3.86. The fourth-order valence-corrected chi connectivity index (χ4v) is 6.55. The van der Waals surface area contributed by atoms with Gasteiger partial charge in [-0.2, -0.15) is 0 Å². The summed E-state index contributed by atoms with van der Waals surface area (Å²) in [7, 11) is -1.44. The zero-order valence-electron chi connectivity index (χ0n) is 26.9. The predicted molar refractivity (Wildman–Crippen MR) is 184 cm³/mol. The molecule has 1 N–H and O–H groups in total. The maximum atomic E-state index is 14.5. The van der Waals surface area contributed by atoms with E-state index in [1.807, 2.05) is 44.2 Å². The van der Waals surface area contributed by atoms with Gasteiger partial charge in [0.1, 0.15) is 12.6 Å². The first-order valence-corrected chi connectivity index (χ1v) is 17.0. The van der Waals surface area contributed by atoms with E-state index in [0.717, 1.165) is 15.4 Å². The molecule has 0 saturated carbocycles. The number of nitrogens with zero attached hydrogens (tertiary/aromatic N) is 2. The Morgan fingerprint density at radius 2 is 1.43 bits per heavy atom. The van der Waals surface area contributed by atoms with Gasteiger partial charge < -0.3 is 19.7 Å². The van der Waals surface area contributed by atoms with Gasteiger partial charge in [0.2, 0.25) is 11.8 Å². The quantitative estimate of drug-likeness (QED) is 0.166. The zero-order valence-corrected chi connectivity index (χ0v) is 28.5. The fraction of sp³-hybridized carbons (Fsp3) is 0.278. The van der Waals surface area contributed by atoms with Gasteiger partial charge >= 0.3 is 0 Å². The maximum absolute atomic E-state index is 14.5. The lowest BCUT2D eigenvalue weighted by atomic mass is 10.0. The number of para-hydroxylation sites is 1. The summed E-state index contributed by atoms with van der Waals surface area (Å²) in [5.74, 6) is -0.134. The molecule has 2 amide bonds. The van der Waals surface area contributed by atoms with Crippen molar-refractivity contribution in [1.29, 1.82) is 0 Å². The van der Waals surface area contributed by atoms with Gasteiger partial charge in [0.15, 0.2) is 11.5 Å². The first-order valence-electron chi connectivity index (χ1n) is 15.2. The Morgan fingerprint density at radius 3 is 2.02 bits per heavy atom. The highest BCUT2D eigenvalue weighted by Gasteiger charge is 2.35. The minimum absolute atomic E-state index is 0.0433. The molecule has 0 spiro atoms. The fourth-order valence-electron chi connectivity index (χ4n) is 4.99. The van der Waals surface area contributed by atoms with Crippen molar-refractivity contribution in [3.05, 3.63) is 119 Å². The zero-order chi connectivity index (χ0) is 34.0. The van der Waals surface area contributed by atoms with E-state index >= 15 is 0 Å². The largest absolute Gasteiger partial charge is 0.493 e. The number of hydrogen-bond donors (Lipinski definition) is 1. The maximum Gasteiger partial charge on any atom is 0.264 e. The molecular weight excluding hydrogens is 638 g/mol. The van der Waals surface area contributed by atoms with E-state index in [1.165, 1.54) is 37.3 Å². The molecule has 248 valence electrons. The van der Waals surface area contributed by atoms with Crippen LogP contribution in [-0.4, -0.2) is 58.5 Å². The Hall–Kier alpha value is -4.54. The normalized spacial score (nSPS) is 11.9. The van der Waals surface area contributed by atoms with Gasteiger partial charge in [-0.3, -0.25) is 13.9 Å². The van der Waals surface area contributed by atoms with E-state index in [1.54, 1.807) is 54.6 Å². The molecule has 47 heavy (non-hydrogen) atoms. The van der Waals surface area contributed by atoms with Crippen LogP contribution in [-0.2, 0) is 32.6 Å². The number of sulfonamides is 1. The van der Waals surface area contributed by atoms with Crippen LogP contribution >= 0.6 is 11.6 Å². The number of ether oxygens (including phenoxy) is 2. The monoisotopic (exact) mass is 677 g/mol. The second-order valence-electron chi connectivity index (χ2n) is 11.4. The average molecular weight is 678 g/mol. The molecule has 0 saturated heterocycles. The van der Waals surface area contributed by atoms with E-state index in [2.05, 4.69) is 5.32 Å². The molecule has 4 aromatic carbocycles. The van der Waals surface area contributed by atoms with E-state index in [9.17, 15) is 18.0 Å². The summed E-state index contributed by atoms with van der Waals surface area (Å²) in [4.78, 5) is 29.8. The van der Waals surface area contributed by atoms with Crippen molar-refractivity contribution in [3.8, 4) is 11.5 Å². The van der Waals surface area contributed by atoms with Crippen molar-refractivity contribution in [3.63, 3.8) is 0 Å². The molecule has 0 unspecified atom stereocenters. The molecule has 0 bridgehead atoms. The molecule has 9 nitrogen and oxygen atoms in total. The van der Waals surface area contributed by atoms with E-state index < -0.39 is 28.5 Å². The number of carbonyl (C=O) groups is 2. The van der Waals surface area contributed by atoms with Crippen LogP contribution in [0.2, 0.25) is 5.02 Å². The van der Waals surface area contributed by atoms with Gasteiger partial charge in [0.25, 0.3) is 10.0 Å². The molecule has 4 aromatic rings. The molecule has 0 heterocycles. The second kappa shape index (κ2) is 16.3. The minimum atomic E-state index is -4.31. The summed E-state index contributed by atoms with van der Waals surface area (Å²) in [6, 6.07) is 28.1. The Bertz CT molecular complexity index is 1740. The van der Waals surface area contributed by atoms with Crippen LogP contribution in [0.1, 0.15) is 25.0 Å². The topological polar surface area (TPSA) is 105 Å². The van der Waals surface area contributed by atoms with Crippen molar-refractivity contribution < 1.29 is 27.5 Å². The minimum Gasteiger partial charge on any atom is -0.493 e. The average Bonchev–Trinajstić information content (AvgIpc) is 3.08. The van der Waals surface area contributed by atoms with Gasteiger partial charge in [0, 0.05) is 30.6 Å². The molecule has 0 radical (unpaired) electrons. The highest BCUT2D eigenvalue weighted by Crippen LogP contribution is 2.32. The Kier molecular flexibility index (Phi) is 12.3. The number of halogens is 1. The third-order valence-electron chi connectivity index (χ3n) is 7.49. The molecule has 0 aliphatic carbocycles. The number of benzene rings is 4. The third-order valence-corrected chi connectivity index (χ3v) is 9.51. The van der Waals surface area contributed by atoms with E-state index in [4.69, 9.17) is 21.1 Å². The number of amides is 2. The number of methoxy groups -OCH3 is 2. The first-order chi connectivity index (χ1) is 22.5. The van der Waals surface area contributed by atoms with Crippen LogP contribution < -0.4 is 19.1 Å². The molecule has 1 atom stereocenters. The second-order valence-corrected chi connectivity index (χ2v) is 13.7. The van der Waals surface area contributed by atoms with Crippen LogP contribution in [0.4, 0.5) is 5.69 Å². The van der Waals surface area contributed by atoms with Crippen molar-refractivity contribution in [2.45, 2.75) is 37.8 Å². The molecule has 11 heteroatoms. The van der Waals surface area contributed by atoms with Crippen LogP contribution in [0.5, 0.6) is 11.5 Å². The smallest absolute Gasteiger partial charge is 0.264 e. The van der Waals surface area contributed by atoms with Gasteiger partial charge in [0.05, 0.1) is 24.8 Å². The number of anilines is 1. The number of carbonyl (C=O) groups excluding carboxylic acids is 2. The van der Waals surface area contributed by atoms with Gasteiger partial charge in [-0.15, -0.1) is 0 Å². The van der Waals surface area contributed by atoms with Crippen LogP contribution in [0.25, 0.3) is 0 Å². The van der Waals surface area contributed by atoms with Crippen molar-refractivity contribution in [1.82, 2.24) is 10.2 Å². The summed E-state index contributed by atoms with van der Waals surface area (Å²) in [6.07, 6.45) is 0.220. The Morgan fingerprint density at radius 1 is 0.809 bits per heavy atom. The number of hydrogen-bond acceptors (Lipinski definition) is 6. The first kappa shape index (κ1) is 35.3. The summed E-state index contributed by atoms with van der Waals surface area (Å²) < 4.78 is 40.3. The molecular formula is C36H40ClN3O6S. The highest BCUT2D eigenvalue weighted by atomic mass is 35.5. The lowest BCUT2D eigenvalue weighted by molar-refractivity contribution is -0.140. The summed E-state index contributed by atoms with van der Waals surface area (Å²) in [5, 5.41) is 3.51. The summed E-state index contributed by atoms with van der Waals surface area (Å²) >= 11 is 6.15. The van der Waals surface area contributed by atoms with Crippen molar-refractivity contribution >= 4 is 39.1 Å². The van der Waals surface area contributed by atoms with Crippen LogP contribution in [0.3, 0.4) is 0 Å². The third kappa shape index (κ3) is 9.27. The molecule has 0 aliphatic rings. The summed E-state index contributed by atoms with van der Waals surface area (Å²) in [5.41, 5.74) is 1.86. The van der Waals surface area contributed by atoms with E-state index in [-0.39, 0.29) is 41.1 Å². The van der Waals surface area contributed by atoms with Gasteiger partial charge in [-0.05, 0) is 53.4 Å². The van der Waals surface area contributed by atoms with Crippen LogP contribution in [0.15, 0.2) is 108 Å². The molecule has 0 aliphatic heterocycles. The Labute approximate surface area is 282 Å². The SMILES string of the molecule is COc1ccc(S(=O)(=O)N(CC(=O)N(Cc2ccc(Cl)cc2)[C@H](Cc2ccccc2)C(=O)NCC(C)C)c2ccccc2)cc1OC. The van der Waals surface area contributed by atoms with Crippen molar-refractivity contribution in [2.75, 3.05) is 31.6 Å². The van der Waals surface area contributed by atoms with Crippen LogP contribution in [0, 0.1) is 5.92 Å². The predicted octanol–water partition coefficient (Wildman–Crippen LogP) is 5.96. The van der Waals surface area contributed by atoms with Gasteiger partial charge in [-0.25, -0.2) is 8.42 Å². The van der Waals surface area contributed by atoms with Crippen molar-refractivity contribution in [2.24, 2.45) is 5.92 Å². The standard InChI is InChI=1S/C36H40ClN3O6S/c1-26(2)23-38-36(42)32(21-27-11-7-5-8-12-27)39(24-28-15-17-29(37)18-16-28)35(41)25-40(30-13-9-6-10-14-30)47(43,44)31-19-20-33(45-3)34(22-31)46-4/h5-20,22,26,32H,21,23-25H2,1-4H3,(H,38,42)/t32-/m1/s1. The van der Waals surface area contributed by atoms with E-state index in [0.29, 0.717) is 17.3 Å². The molecule has 0 fully saturated rings.